The first-order chi connectivity index (χ1) is 9.36. The Kier molecular flexibility index (Phi) is 4.24. The summed E-state index contributed by atoms with van der Waals surface area (Å²) >= 11 is 6.12. The van der Waals surface area contributed by atoms with Gasteiger partial charge < -0.3 is 10.5 Å². The van der Waals surface area contributed by atoms with E-state index < -0.39 is 0 Å². The summed E-state index contributed by atoms with van der Waals surface area (Å²) in [6.07, 6.45) is 0. The van der Waals surface area contributed by atoms with Gasteiger partial charge in [0.25, 0.3) is 0 Å². The number of hydrogen-bond donors (Lipinski definition) is 1. The zero-order chi connectivity index (χ0) is 14.8. The molecule has 0 aliphatic heterocycles. The first kappa shape index (κ1) is 14.7. The van der Waals surface area contributed by atoms with Gasteiger partial charge in [-0.25, -0.2) is 0 Å². The van der Waals surface area contributed by atoms with Crippen molar-refractivity contribution in [1.29, 1.82) is 0 Å². The van der Waals surface area contributed by atoms with E-state index in [-0.39, 0.29) is 5.41 Å². The van der Waals surface area contributed by atoms with Crippen LogP contribution in [0.1, 0.15) is 31.9 Å². The third kappa shape index (κ3) is 3.67. The minimum atomic E-state index is 0.152. The van der Waals surface area contributed by atoms with Gasteiger partial charge >= 0.3 is 0 Å². The maximum atomic E-state index is 6.12. The molecule has 0 bridgehead atoms. The zero-order valence-electron chi connectivity index (χ0n) is 12.1. The minimum Gasteiger partial charge on any atom is -0.489 e. The van der Waals surface area contributed by atoms with Crippen molar-refractivity contribution in [2.45, 2.75) is 32.8 Å². The van der Waals surface area contributed by atoms with Crippen molar-refractivity contribution >= 4 is 17.3 Å². The number of ether oxygens (including phenoxy) is 1. The van der Waals surface area contributed by atoms with Gasteiger partial charge in [-0.05, 0) is 35.2 Å². The molecule has 0 fully saturated rings. The van der Waals surface area contributed by atoms with Crippen LogP contribution in [0.2, 0.25) is 5.02 Å². The highest BCUT2D eigenvalue weighted by Gasteiger charge is 2.13. The van der Waals surface area contributed by atoms with Crippen LogP contribution in [0.3, 0.4) is 0 Å². The molecule has 2 rings (SSSR count). The normalized spacial score (nSPS) is 11.4. The minimum absolute atomic E-state index is 0.152. The fourth-order valence-electron chi connectivity index (χ4n) is 1.89. The Balaban J connectivity index is 2.04. The highest BCUT2D eigenvalue weighted by atomic mass is 35.5. The monoisotopic (exact) mass is 289 g/mol. The fraction of sp³-hybridized carbons (Fsp3) is 0.294. The number of rotatable bonds is 3. The van der Waals surface area contributed by atoms with E-state index in [1.165, 1.54) is 5.56 Å². The quantitative estimate of drug-likeness (QED) is 0.824. The van der Waals surface area contributed by atoms with Crippen LogP contribution in [-0.2, 0) is 12.0 Å². The summed E-state index contributed by atoms with van der Waals surface area (Å²) in [5.74, 6) is 0.839. The van der Waals surface area contributed by atoms with Crippen molar-refractivity contribution in [2.75, 3.05) is 5.73 Å². The third-order valence-corrected chi connectivity index (χ3v) is 3.54. The van der Waals surface area contributed by atoms with E-state index in [1.807, 2.05) is 24.3 Å². The number of anilines is 1. The summed E-state index contributed by atoms with van der Waals surface area (Å²) in [6.45, 7) is 7.01. The summed E-state index contributed by atoms with van der Waals surface area (Å²) in [6, 6.07) is 13.6. The predicted octanol–water partition coefficient (Wildman–Crippen LogP) is 4.80. The summed E-state index contributed by atoms with van der Waals surface area (Å²) in [5.41, 5.74) is 8.70. The number of hydrogen-bond acceptors (Lipinski definition) is 2. The Labute approximate surface area is 125 Å². The van der Waals surface area contributed by atoms with Crippen LogP contribution in [0.25, 0.3) is 0 Å². The van der Waals surface area contributed by atoms with Gasteiger partial charge in [0.05, 0.1) is 0 Å². The van der Waals surface area contributed by atoms with Crippen molar-refractivity contribution < 1.29 is 4.74 Å². The van der Waals surface area contributed by atoms with Gasteiger partial charge in [-0.3, -0.25) is 0 Å². The highest BCUT2D eigenvalue weighted by molar-refractivity contribution is 6.31. The van der Waals surface area contributed by atoms with Crippen molar-refractivity contribution in [2.24, 2.45) is 0 Å². The molecule has 0 heterocycles. The van der Waals surface area contributed by atoms with E-state index in [0.717, 1.165) is 11.3 Å². The summed E-state index contributed by atoms with van der Waals surface area (Å²) < 4.78 is 5.76. The van der Waals surface area contributed by atoms with Gasteiger partial charge in [-0.2, -0.15) is 0 Å². The highest BCUT2D eigenvalue weighted by Crippen LogP contribution is 2.25. The van der Waals surface area contributed by atoms with Crippen molar-refractivity contribution in [3.63, 3.8) is 0 Å². The van der Waals surface area contributed by atoms with Crippen LogP contribution in [0.5, 0.6) is 5.75 Å². The Morgan fingerprint density at radius 1 is 1.05 bits per heavy atom. The average molecular weight is 290 g/mol. The Morgan fingerprint density at radius 2 is 1.70 bits per heavy atom. The lowest BCUT2D eigenvalue weighted by Crippen LogP contribution is -2.10. The molecule has 0 aliphatic carbocycles. The molecule has 0 aromatic heterocycles. The number of nitrogens with two attached hydrogens (primary N) is 1. The maximum absolute atomic E-state index is 6.12. The molecular weight excluding hydrogens is 270 g/mol. The number of halogens is 1. The van der Waals surface area contributed by atoms with Crippen molar-refractivity contribution in [3.05, 3.63) is 58.6 Å². The molecular formula is C17H20ClNO. The van der Waals surface area contributed by atoms with Crippen LogP contribution < -0.4 is 10.5 Å². The molecule has 0 saturated heterocycles. The Hall–Kier alpha value is -1.67. The second kappa shape index (κ2) is 5.76. The molecule has 2 nitrogen and oxygen atoms in total. The molecule has 106 valence electrons. The first-order valence-electron chi connectivity index (χ1n) is 6.63. The lowest BCUT2D eigenvalue weighted by atomic mass is 9.87. The smallest absolute Gasteiger partial charge is 0.119 e. The lowest BCUT2D eigenvalue weighted by molar-refractivity contribution is 0.306. The van der Waals surface area contributed by atoms with Gasteiger partial charge in [0, 0.05) is 16.3 Å². The van der Waals surface area contributed by atoms with E-state index in [2.05, 4.69) is 32.9 Å². The number of benzene rings is 2. The topological polar surface area (TPSA) is 35.2 Å². The van der Waals surface area contributed by atoms with Gasteiger partial charge in [0.2, 0.25) is 0 Å². The molecule has 2 aromatic rings. The van der Waals surface area contributed by atoms with Crippen LogP contribution in [0.15, 0.2) is 42.5 Å². The van der Waals surface area contributed by atoms with E-state index in [0.29, 0.717) is 17.3 Å². The SMILES string of the molecule is CC(C)(C)c1ccc(OCc2ccc(N)cc2Cl)cc1. The van der Waals surface area contributed by atoms with Crippen molar-refractivity contribution in [1.82, 2.24) is 0 Å². The van der Waals surface area contributed by atoms with Gasteiger partial charge in [0.1, 0.15) is 12.4 Å². The first-order valence-corrected chi connectivity index (χ1v) is 7.01. The average Bonchev–Trinajstić information content (AvgIpc) is 2.37. The third-order valence-electron chi connectivity index (χ3n) is 3.19. The standard InChI is InChI=1S/C17H20ClNO/c1-17(2,3)13-5-8-15(9-6-13)20-11-12-4-7-14(19)10-16(12)18/h4-10H,11,19H2,1-3H3. The predicted molar refractivity (Wildman–Crippen MR) is 85.3 cm³/mol. The summed E-state index contributed by atoms with van der Waals surface area (Å²) in [4.78, 5) is 0. The van der Waals surface area contributed by atoms with Crippen LogP contribution in [0, 0.1) is 0 Å². The van der Waals surface area contributed by atoms with E-state index in [9.17, 15) is 0 Å². The van der Waals surface area contributed by atoms with Gasteiger partial charge in [-0.1, -0.05) is 50.6 Å². The Bertz CT molecular complexity index is 585. The van der Waals surface area contributed by atoms with Gasteiger partial charge in [0.15, 0.2) is 0 Å². The second-order valence-electron chi connectivity index (χ2n) is 5.91. The lowest BCUT2D eigenvalue weighted by Gasteiger charge is -2.19. The second-order valence-corrected chi connectivity index (χ2v) is 6.32. The van der Waals surface area contributed by atoms with Crippen molar-refractivity contribution in [3.8, 4) is 5.75 Å². The molecule has 2 N–H and O–H groups in total. The van der Waals surface area contributed by atoms with Crippen LogP contribution in [0.4, 0.5) is 5.69 Å². The maximum Gasteiger partial charge on any atom is 0.119 e. The van der Waals surface area contributed by atoms with E-state index in [1.54, 1.807) is 6.07 Å². The molecule has 0 aliphatic rings. The van der Waals surface area contributed by atoms with Crippen LogP contribution in [-0.4, -0.2) is 0 Å². The molecule has 20 heavy (non-hydrogen) atoms. The largest absolute Gasteiger partial charge is 0.489 e. The molecule has 3 heteroatoms. The van der Waals surface area contributed by atoms with E-state index in [4.69, 9.17) is 22.1 Å². The molecule has 0 amide bonds. The molecule has 0 unspecified atom stereocenters. The summed E-state index contributed by atoms with van der Waals surface area (Å²) in [5, 5.41) is 0.635. The zero-order valence-corrected chi connectivity index (χ0v) is 12.9. The molecule has 0 saturated carbocycles. The van der Waals surface area contributed by atoms with Crippen LogP contribution >= 0.6 is 11.6 Å². The fourth-order valence-corrected chi connectivity index (χ4v) is 2.14. The van der Waals surface area contributed by atoms with Gasteiger partial charge in [-0.15, -0.1) is 0 Å². The molecule has 2 aromatic carbocycles. The number of nitrogen functional groups attached to an aromatic ring is 1. The molecule has 0 atom stereocenters. The molecule has 0 radical (unpaired) electrons. The Morgan fingerprint density at radius 3 is 2.25 bits per heavy atom. The summed E-state index contributed by atoms with van der Waals surface area (Å²) in [7, 11) is 0. The molecule has 0 spiro atoms. The van der Waals surface area contributed by atoms with E-state index >= 15 is 0 Å².